The van der Waals surface area contributed by atoms with Crippen molar-refractivity contribution in [3.63, 3.8) is 0 Å². The number of hydrogen-bond donors (Lipinski definition) is 4. The first-order valence-electron chi connectivity index (χ1n) is 9.38. The van der Waals surface area contributed by atoms with Crippen molar-refractivity contribution in [3.05, 3.63) is 47.5 Å². The molecule has 10 heteroatoms. The fourth-order valence-corrected chi connectivity index (χ4v) is 2.69. The van der Waals surface area contributed by atoms with Crippen LogP contribution in [0.25, 0.3) is 12.2 Å². The van der Waals surface area contributed by atoms with Crippen LogP contribution in [0.2, 0.25) is 0 Å². The largest absolute Gasteiger partial charge is 0.504 e. The predicted molar refractivity (Wildman–Crippen MR) is 116 cm³/mol. The highest BCUT2D eigenvalue weighted by Crippen LogP contribution is 2.37. The molecular formula is C23H22O10. The molecule has 2 rings (SSSR count). The Labute approximate surface area is 188 Å². The van der Waals surface area contributed by atoms with E-state index in [0.29, 0.717) is 0 Å². The lowest BCUT2D eigenvalue weighted by Gasteiger charge is -2.11. The number of esters is 1. The highest BCUT2D eigenvalue weighted by atomic mass is 16.5. The minimum Gasteiger partial charge on any atom is -0.504 e. The minimum atomic E-state index is -1.78. The number of carbonyl (C=O) groups is 3. The van der Waals surface area contributed by atoms with Crippen LogP contribution in [0.3, 0.4) is 0 Å². The molecule has 0 aromatic heterocycles. The van der Waals surface area contributed by atoms with Gasteiger partial charge in [0, 0.05) is 6.92 Å². The van der Waals surface area contributed by atoms with Crippen molar-refractivity contribution in [3.8, 4) is 34.5 Å². The molecule has 0 aliphatic carbocycles. The molecule has 0 atom stereocenters. The molecule has 0 saturated heterocycles. The van der Waals surface area contributed by atoms with Gasteiger partial charge in [-0.2, -0.15) is 0 Å². The summed E-state index contributed by atoms with van der Waals surface area (Å²) >= 11 is 0. The number of ether oxygens (including phenoxy) is 3. The standard InChI is InChI=1S/C23H22O10/c1-12(24)33-23(15(25)6-4-13-8-17(27)21(29)19(10-13)31-2)16(26)7-5-14-9-18(28)22(30)20(11-14)32-3/h4-11,23,27-30H,1-3H3/b6-4+,7-5+. The quantitative estimate of drug-likeness (QED) is 0.190. The molecule has 0 spiro atoms. The van der Waals surface area contributed by atoms with Crippen LogP contribution in [0.15, 0.2) is 36.4 Å². The number of phenols is 4. The topological polar surface area (TPSA) is 160 Å². The van der Waals surface area contributed by atoms with E-state index in [4.69, 9.17) is 14.2 Å². The van der Waals surface area contributed by atoms with E-state index in [2.05, 4.69) is 0 Å². The molecule has 0 amide bonds. The summed E-state index contributed by atoms with van der Waals surface area (Å²) in [6.07, 6.45) is 2.64. The lowest BCUT2D eigenvalue weighted by molar-refractivity contribution is -0.155. The zero-order valence-corrected chi connectivity index (χ0v) is 17.9. The molecule has 2 aromatic rings. The van der Waals surface area contributed by atoms with E-state index in [1.54, 1.807) is 0 Å². The lowest BCUT2D eigenvalue weighted by Crippen LogP contribution is -2.32. The minimum absolute atomic E-state index is 0.0368. The van der Waals surface area contributed by atoms with Crippen LogP contribution in [-0.4, -0.2) is 58.3 Å². The van der Waals surface area contributed by atoms with Gasteiger partial charge in [-0.05, 0) is 47.5 Å². The van der Waals surface area contributed by atoms with Gasteiger partial charge in [0.2, 0.25) is 29.2 Å². The van der Waals surface area contributed by atoms with Crippen molar-refractivity contribution in [1.29, 1.82) is 0 Å². The molecule has 0 aliphatic rings. The average Bonchev–Trinajstić information content (AvgIpc) is 2.78. The molecule has 0 unspecified atom stereocenters. The Morgan fingerprint density at radius 3 is 1.48 bits per heavy atom. The SMILES string of the molecule is COc1cc(/C=C/C(=O)C(OC(C)=O)C(=O)/C=C/c2cc(O)c(O)c(OC)c2)cc(O)c1O. The number of aromatic hydroxyl groups is 4. The smallest absolute Gasteiger partial charge is 0.303 e. The molecule has 33 heavy (non-hydrogen) atoms. The number of carbonyl (C=O) groups excluding carboxylic acids is 3. The van der Waals surface area contributed by atoms with E-state index >= 15 is 0 Å². The Balaban J connectivity index is 2.27. The van der Waals surface area contributed by atoms with Gasteiger partial charge in [0.15, 0.2) is 23.0 Å². The van der Waals surface area contributed by atoms with Crippen LogP contribution in [-0.2, 0) is 19.1 Å². The first kappa shape index (κ1) is 24.8. The Bertz CT molecular complexity index is 1050. The van der Waals surface area contributed by atoms with Gasteiger partial charge in [-0.1, -0.05) is 12.2 Å². The zero-order chi connectivity index (χ0) is 24.7. The van der Waals surface area contributed by atoms with Gasteiger partial charge in [-0.25, -0.2) is 0 Å². The average molecular weight is 458 g/mol. The van der Waals surface area contributed by atoms with Crippen LogP contribution in [0.1, 0.15) is 18.1 Å². The van der Waals surface area contributed by atoms with Crippen molar-refractivity contribution < 1.29 is 49.0 Å². The highest BCUT2D eigenvalue weighted by Gasteiger charge is 2.26. The molecule has 174 valence electrons. The van der Waals surface area contributed by atoms with Gasteiger partial charge in [0.25, 0.3) is 0 Å². The molecule has 4 N–H and O–H groups in total. The summed E-state index contributed by atoms with van der Waals surface area (Å²) in [5, 5.41) is 38.8. The maximum absolute atomic E-state index is 12.6. The van der Waals surface area contributed by atoms with Crippen LogP contribution in [0.4, 0.5) is 0 Å². The third-order valence-electron chi connectivity index (χ3n) is 4.27. The van der Waals surface area contributed by atoms with Gasteiger partial charge in [0.05, 0.1) is 14.2 Å². The second kappa shape index (κ2) is 10.7. The van der Waals surface area contributed by atoms with E-state index < -0.39 is 46.6 Å². The molecule has 2 aromatic carbocycles. The number of phenolic OH excluding ortho intramolecular Hbond substituents is 4. The van der Waals surface area contributed by atoms with E-state index in [-0.39, 0.29) is 22.6 Å². The molecule has 0 saturated carbocycles. The molecule has 0 radical (unpaired) electrons. The lowest BCUT2D eigenvalue weighted by atomic mass is 10.1. The van der Waals surface area contributed by atoms with E-state index in [0.717, 1.165) is 31.2 Å². The normalized spacial score (nSPS) is 11.2. The first-order chi connectivity index (χ1) is 15.6. The first-order valence-corrected chi connectivity index (χ1v) is 9.38. The fraction of sp³-hybridized carbons (Fsp3) is 0.174. The summed E-state index contributed by atoms with van der Waals surface area (Å²) in [5.41, 5.74) is 0.540. The monoisotopic (exact) mass is 458 g/mol. The van der Waals surface area contributed by atoms with Crippen molar-refractivity contribution in [2.24, 2.45) is 0 Å². The maximum atomic E-state index is 12.6. The van der Waals surface area contributed by atoms with Gasteiger partial charge in [-0.3, -0.25) is 14.4 Å². The Morgan fingerprint density at radius 1 is 0.758 bits per heavy atom. The molecular weight excluding hydrogens is 436 g/mol. The van der Waals surface area contributed by atoms with Crippen molar-refractivity contribution in [1.82, 2.24) is 0 Å². The van der Waals surface area contributed by atoms with E-state index in [9.17, 15) is 34.8 Å². The summed E-state index contributed by atoms with van der Waals surface area (Å²) in [4.78, 5) is 36.5. The van der Waals surface area contributed by atoms with Gasteiger partial charge in [-0.15, -0.1) is 0 Å². The number of ketones is 2. The Morgan fingerprint density at radius 2 is 1.15 bits per heavy atom. The van der Waals surface area contributed by atoms with Crippen molar-refractivity contribution in [2.45, 2.75) is 13.0 Å². The summed E-state index contributed by atoms with van der Waals surface area (Å²) < 4.78 is 14.7. The number of hydrogen-bond acceptors (Lipinski definition) is 10. The van der Waals surface area contributed by atoms with E-state index in [1.807, 2.05) is 0 Å². The fourth-order valence-electron chi connectivity index (χ4n) is 2.69. The van der Waals surface area contributed by atoms with E-state index in [1.165, 1.54) is 38.5 Å². The molecule has 0 bridgehead atoms. The second-order valence-electron chi connectivity index (χ2n) is 6.64. The second-order valence-corrected chi connectivity index (χ2v) is 6.64. The molecule has 0 fully saturated rings. The van der Waals surface area contributed by atoms with Crippen LogP contribution in [0, 0.1) is 0 Å². The van der Waals surface area contributed by atoms with Crippen LogP contribution in [0.5, 0.6) is 34.5 Å². The molecule has 0 aliphatic heterocycles. The van der Waals surface area contributed by atoms with Gasteiger partial charge >= 0.3 is 5.97 Å². The van der Waals surface area contributed by atoms with Crippen molar-refractivity contribution >= 4 is 29.7 Å². The summed E-state index contributed by atoms with van der Waals surface area (Å²) in [5.74, 6) is -4.58. The third-order valence-corrected chi connectivity index (χ3v) is 4.27. The summed E-state index contributed by atoms with van der Waals surface area (Å²) in [7, 11) is 2.55. The van der Waals surface area contributed by atoms with Crippen LogP contribution >= 0.6 is 0 Å². The third kappa shape index (κ3) is 6.26. The van der Waals surface area contributed by atoms with Gasteiger partial charge in [0.1, 0.15) is 0 Å². The number of benzene rings is 2. The maximum Gasteiger partial charge on any atom is 0.303 e. The van der Waals surface area contributed by atoms with Crippen LogP contribution < -0.4 is 9.47 Å². The number of rotatable bonds is 9. The predicted octanol–water partition coefficient (Wildman–Crippen LogP) is 2.32. The van der Waals surface area contributed by atoms with Gasteiger partial charge < -0.3 is 34.6 Å². The zero-order valence-electron chi connectivity index (χ0n) is 17.9. The Kier molecular flexibility index (Phi) is 8.05. The number of methoxy groups -OCH3 is 2. The Hall–Kier alpha value is -4.47. The summed E-state index contributed by atoms with van der Waals surface area (Å²) in [6, 6.07) is 5.00. The molecule has 0 heterocycles. The highest BCUT2D eigenvalue weighted by molar-refractivity contribution is 6.16. The summed E-state index contributed by atoms with van der Waals surface area (Å²) in [6.45, 7) is 1.03. The molecule has 10 nitrogen and oxygen atoms in total. The van der Waals surface area contributed by atoms with Crippen molar-refractivity contribution in [2.75, 3.05) is 14.2 Å².